The number of hydrazone groups is 1. The third kappa shape index (κ3) is 4.58. The molecule has 0 spiro atoms. The van der Waals surface area contributed by atoms with E-state index in [0.29, 0.717) is 28.3 Å². The Labute approximate surface area is 199 Å². The minimum atomic E-state index is -0.500. The molecule has 0 radical (unpaired) electrons. The van der Waals surface area contributed by atoms with Crippen LogP contribution in [0.25, 0.3) is 11.5 Å². The van der Waals surface area contributed by atoms with Crippen LogP contribution in [0.2, 0.25) is 5.02 Å². The van der Waals surface area contributed by atoms with E-state index in [9.17, 15) is 4.79 Å². The van der Waals surface area contributed by atoms with Gasteiger partial charge in [0.2, 0.25) is 5.89 Å². The quantitative estimate of drug-likeness (QED) is 0.323. The summed E-state index contributed by atoms with van der Waals surface area (Å²) in [7, 11) is 0. The number of carbonyl (C=O) groups is 1. The lowest BCUT2D eigenvalue weighted by Crippen LogP contribution is -2.33. The Morgan fingerprint density at radius 1 is 1.06 bits per heavy atom. The van der Waals surface area contributed by atoms with Crippen molar-refractivity contribution in [2.75, 3.05) is 0 Å². The predicted molar refractivity (Wildman–Crippen MR) is 126 cm³/mol. The van der Waals surface area contributed by atoms with Crippen LogP contribution >= 0.6 is 23.4 Å². The second kappa shape index (κ2) is 9.25. The summed E-state index contributed by atoms with van der Waals surface area (Å²) in [5, 5.41) is 14.8. The first-order valence-electron chi connectivity index (χ1n) is 10.3. The lowest BCUT2D eigenvalue weighted by Gasteiger charge is -2.22. The monoisotopic (exact) mass is 478 g/mol. The summed E-state index contributed by atoms with van der Waals surface area (Å²) in [4.78, 5) is 13.4. The van der Waals surface area contributed by atoms with E-state index >= 15 is 0 Å². The Morgan fingerprint density at radius 3 is 2.58 bits per heavy atom. The van der Waals surface area contributed by atoms with Crippen LogP contribution < -0.4 is 0 Å². The smallest absolute Gasteiger partial charge is 0.277 e. The molecule has 0 fully saturated rings. The van der Waals surface area contributed by atoms with Crippen molar-refractivity contribution in [1.82, 2.24) is 15.2 Å². The molecule has 4 aromatic rings. The normalized spacial score (nSPS) is 16.6. The maximum Gasteiger partial charge on any atom is 0.277 e. The maximum atomic E-state index is 13.4. The van der Waals surface area contributed by atoms with E-state index in [4.69, 9.17) is 20.4 Å². The summed E-state index contributed by atoms with van der Waals surface area (Å²) in [6, 6.07) is 20.2. The molecule has 2 atom stereocenters. The number of aromatic nitrogens is 2. The van der Waals surface area contributed by atoms with Crippen LogP contribution in [-0.4, -0.2) is 32.1 Å². The number of amides is 1. The van der Waals surface area contributed by atoms with Gasteiger partial charge in [0.25, 0.3) is 11.1 Å². The van der Waals surface area contributed by atoms with Crippen LogP contribution in [0.5, 0.6) is 0 Å². The van der Waals surface area contributed by atoms with Gasteiger partial charge in [0.05, 0.1) is 17.2 Å². The van der Waals surface area contributed by atoms with Crippen LogP contribution in [0.1, 0.15) is 30.7 Å². The molecule has 0 saturated heterocycles. The molecule has 9 heteroatoms. The Balaban J connectivity index is 1.36. The molecule has 1 aliphatic rings. The summed E-state index contributed by atoms with van der Waals surface area (Å²) < 4.78 is 11.4. The molecule has 1 aliphatic heterocycles. The van der Waals surface area contributed by atoms with Gasteiger partial charge in [0.1, 0.15) is 11.8 Å². The topological polar surface area (TPSA) is 84.7 Å². The minimum absolute atomic E-state index is 0.176. The lowest BCUT2D eigenvalue weighted by molar-refractivity contribution is -0.132. The summed E-state index contributed by atoms with van der Waals surface area (Å²) in [5.41, 5.74) is 2.53. The van der Waals surface area contributed by atoms with Gasteiger partial charge in [0.15, 0.2) is 0 Å². The highest BCUT2D eigenvalue weighted by molar-refractivity contribution is 8.00. The molecule has 0 N–H and O–H groups in total. The number of halogens is 1. The molecule has 5 rings (SSSR count). The van der Waals surface area contributed by atoms with Crippen LogP contribution in [0.15, 0.2) is 92.2 Å². The van der Waals surface area contributed by atoms with Crippen molar-refractivity contribution >= 4 is 35.0 Å². The molecule has 1 amide bonds. The van der Waals surface area contributed by atoms with E-state index in [0.717, 1.165) is 16.8 Å². The van der Waals surface area contributed by atoms with Crippen molar-refractivity contribution in [2.24, 2.45) is 5.10 Å². The number of hydrogen-bond donors (Lipinski definition) is 0. The van der Waals surface area contributed by atoms with E-state index in [2.05, 4.69) is 15.3 Å². The fraction of sp³-hybridized carbons (Fsp3) is 0.167. The number of furan rings is 1. The highest BCUT2D eigenvalue weighted by atomic mass is 35.5. The zero-order valence-electron chi connectivity index (χ0n) is 17.6. The van der Waals surface area contributed by atoms with Crippen LogP contribution in [-0.2, 0) is 4.79 Å². The molecule has 2 aromatic carbocycles. The average Bonchev–Trinajstić information content (AvgIpc) is 3.60. The Bertz CT molecular complexity index is 1270. The highest BCUT2D eigenvalue weighted by Crippen LogP contribution is 2.36. The summed E-state index contributed by atoms with van der Waals surface area (Å²) in [6.07, 6.45) is 2.14. The number of hydrogen-bond acceptors (Lipinski definition) is 7. The van der Waals surface area contributed by atoms with Gasteiger partial charge in [-0.05, 0) is 48.9 Å². The first-order chi connectivity index (χ1) is 16.1. The van der Waals surface area contributed by atoms with Crippen molar-refractivity contribution in [3.05, 3.63) is 89.3 Å². The number of nitrogens with zero attached hydrogens (tertiary/aromatic N) is 4. The summed E-state index contributed by atoms with van der Waals surface area (Å²) >= 11 is 7.23. The fourth-order valence-corrected chi connectivity index (χ4v) is 4.43. The fourth-order valence-electron chi connectivity index (χ4n) is 3.58. The standard InChI is InChI=1S/C24H19ClN4O3S/c1-15(33-24-27-26-22(32-24)17-6-3-2-4-7-17)23(30)29-20(21-8-5-13-31-21)14-19(28-29)16-9-11-18(25)12-10-16/h2-13,15,20H,14H2,1H3. The van der Waals surface area contributed by atoms with Gasteiger partial charge in [-0.2, -0.15) is 5.10 Å². The Kier molecular flexibility index (Phi) is 6.02. The summed E-state index contributed by atoms with van der Waals surface area (Å²) in [6.45, 7) is 1.80. The minimum Gasteiger partial charge on any atom is -0.467 e. The van der Waals surface area contributed by atoms with Gasteiger partial charge in [-0.15, -0.1) is 10.2 Å². The van der Waals surface area contributed by atoms with Gasteiger partial charge >= 0.3 is 0 Å². The predicted octanol–water partition coefficient (Wildman–Crippen LogP) is 5.84. The van der Waals surface area contributed by atoms with E-state index in [1.165, 1.54) is 16.8 Å². The van der Waals surface area contributed by atoms with Crippen LogP contribution in [0, 0.1) is 0 Å². The molecular formula is C24H19ClN4O3S. The third-order valence-corrected chi connectivity index (χ3v) is 6.41. The lowest BCUT2D eigenvalue weighted by atomic mass is 10.0. The van der Waals surface area contributed by atoms with E-state index in [-0.39, 0.29) is 11.9 Å². The van der Waals surface area contributed by atoms with Gasteiger partial charge in [-0.1, -0.05) is 53.7 Å². The molecule has 3 heterocycles. The molecule has 0 bridgehead atoms. The highest BCUT2D eigenvalue weighted by Gasteiger charge is 2.37. The summed E-state index contributed by atoms with van der Waals surface area (Å²) in [5.74, 6) is 0.915. The molecule has 33 heavy (non-hydrogen) atoms. The van der Waals surface area contributed by atoms with Crippen LogP contribution in [0.4, 0.5) is 0 Å². The van der Waals surface area contributed by atoms with E-state index in [1.54, 1.807) is 19.3 Å². The SMILES string of the molecule is CC(Sc1nnc(-c2ccccc2)o1)C(=O)N1N=C(c2ccc(Cl)cc2)CC1c1ccco1. The largest absolute Gasteiger partial charge is 0.467 e. The van der Waals surface area contributed by atoms with Gasteiger partial charge < -0.3 is 8.83 Å². The Morgan fingerprint density at radius 2 is 1.85 bits per heavy atom. The molecule has 0 aliphatic carbocycles. The van der Waals surface area contributed by atoms with Crippen molar-refractivity contribution in [1.29, 1.82) is 0 Å². The number of carbonyl (C=O) groups excluding carboxylic acids is 1. The number of rotatable bonds is 6. The van der Waals surface area contributed by atoms with Crippen LogP contribution in [0.3, 0.4) is 0 Å². The van der Waals surface area contributed by atoms with Crippen molar-refractivity contribution in [3.8, 4) is 11.5 Å². The maximum absolute atomic E-state index is 13.4. The average molecular weight is 479 g/mol. The van der Waals surface area contributed by atoms with Crippen molar-refractivity contribution < 1.29 is 13.6 Å². The molecule has 2 unspecified atom stereocenters. The zero-order chi connectivity index (χ0) is 22.8. The second-order valence-corrected chi connectivity index (χ2v) is 9.20. The van der Waals surface area contributed by atoms with Crippen molar-refractivity contribution in [2.45, 2.75) is 29.9 Å². The number of benzene rings is 2. The van der Waals surface area contributed by atoms with Gasteiger partial charge in [0, 0.05) is 17.0 Å². The first kappa shape index (κ1) is 21.5. The van der Waals surface area contributed by atoms with Crippen molar-refractivity contribution in [3.63, 3.8) is 0 Å². The van der Waals surface area contributed by atoms with E-state index in [1.807, 2.05) is 60.7 Å². The number of thioether (sulfide) groups is 1. The molecule has 7 nitrogen and oxygen atoms in total. The Hall–Kier alpha value is -3.36. The molecule has 2 aromatic heterocycles. The molecular weight excluding hydrogens is 460 g/mol. The first-order valence-corrected chi connectivity index (χ1v) is 11.6. The van der Waals surface area contributed by atoms with E-state index < -0.39 is 5.25 Å². The third-order valence-electron chi connectivity index (χ3n) is 5.24. The van der Waals surface area contributed by atoms with Gasteiger partial charge in [-0.3, -0.25) is 4.79 Å². The second-order valence-electron chi connectivity index (χ2n) is 7.47. The molecule has 0 saturated carbocycles. The zero-order valence-corrected chi connectivity index (χ0v) is 19.2. The molecule has 166 valence electrons. The van der Waals surface area contributed by atoms with Gasteiger partial charge in [-0.25, -0.2) is 5.01 Å².